The summed E-state index contributed by atoms with van der Waals surface area (Å²) in [7, 11) is 0. The first-order chi connectivity index (χ1) is 21.3. The minimum absolute atomic E-state index is 0.0926. The number of rotatable bonds is 4. The number of nitrogens with zero attached hydrogens (tertiary/aromatic N) is 2. The van der Waals surface area contributed by atoms with Gasteiger partial charge in [0.2, 0.25) is 0 Å². The zero-order valence-electron chi connectivity index (χ0n) is 23.1. The van der Waals surface area contributed by atoms with Gasteiger partial charge in [-0.15, -0.1) is 0 Å². The number of benzene rings is 5. The van der Waals surface area contributed by atoms with Crippen LogP contribution in [0.2, 0.25) is 0 Å². The second-order valence-corrected chi connectivity index (χ2v) is 10.8. The predicted molar refractivity (Wildman–Crippen MR) is 173 cm³/mol. The van der Waals surface area contributed by atoms with Gasteiger partial charge in [-0.3, -0.25) is 4.90 Å². The van der Waals surface area contributed by atoms with Crippen LogP contribution in [0, 0.1) is 0 Å². The van der Waals surface area contributed by atoms with Crippen LogP contribution in [0.5, 0.6) is 5.75 Å². The third-order valence-corrected chi connectivity index (χ3v) is 8.34. The molecule has 5 aromatic carbocycles. The number of hydrogen-bond donors (Lipinski definition) is 1. The molecule has 43 heavy (non-hydrogen) atoms. The number of anilines is 3. The van der Waals surface area contributed by atoms with E-state index in [4.69, 9.17) is 14.1 Å². The fourth-order valence-corrected chi connectivity index (χ4v) is 6.38. The summed E-state index contributed by atoms with van der Waals surface area (Å²) in [4.78, 5) is 7.53. The van der Waals surface area contributed by atoms with Gasteiger partial charge in [0, 0.05) is 16.5 Å². The van der Waals surface area contributed by atoms with Gasteiger partial charge in [-0.1, -0.05) is 72.8 Å². The summed E-state index contributed by atoms with van der Waals surface area (Å²) < 4.78 is 12.5. The van der Waals surface area contributed by atoms with E-state index in [1.807, 2.05) is 54.8 Å². The quantitative estimate of drug-likeness (QED) is 0.234. The zero-order valence-corrected chi connectivity index (χ0v) is 23.1. The summed E-state index contributed by atoms with van der Waals surface area (Å²) in [6, 6.07) is 42.0. The van der Waals surface area contributed by atoms with Crippen LogP contribution < -0.4 is 15.0 Å². The largest absolute Gasteiger partial charge is 0.459 e. The molecule has 204 valence electrons. The number of ether oxygens (including phenoxy) is 1. The van der Waals surface area contributed by atoms with Gasteiger partial charge < -0.3 is 14.5 Å². The Labute approximate surface area is 248 Å². The maximum atomic E-state index is 6.34. The lowest BCUT2D eigenvalue weighted by atomic mass is 9.97. The van der Waals surface area contributed by atoms with E-state index in [0.29, 0.717) is 0 Å². The fraction of sp³-hybridized carbons (Fsp3) is 0.0263. The van der Waals surface area contributed by atoms with Gasteiger partial charge in [0.1, 0.15) is 34.5 Å². The molecule has 1 N–H and O–H groups in total. The third kappa shape index (κ3) is 3.75. The maximum absolute atomic E-state index is 6.34. The highest BCUT2D eigenvalue weighted by molar-refractivity contribution is 6.03. The standard InChI is InChI=1S/C38H25N3O2/c1-2-10-25-23-26(19-18-24(25)9-1)27-11-3-5-13-29(27)41(30-14-7-16-32-36(30)38-33(43-32)17-8-22-39-38)35-21-20-34-37(40-35)28-12-4-6-15-31(28)42-34/h1-23,38-39H. The first-order valence-corrected chi connectivity index (χ1v) is 14.4. The zero-order chi connectivity index (χ0) is 28.3. The second-order valence-electron chi connectivity index (χ2n) is 10.8. The molecule has 0 saturated heterocycles. The molecule has 2 aromatic heterocycles. The first kappa shape index (κ1) is 23.9. The van der Waals surface area contributed by atoms with E-state index >= 15 is 0 Å². The van der Waals surface area contributed by atoms with Crippen molar-refractivity contribution in [2.24, 2.45) is 0 Å². The van der Waals surface area contributed by atoms with Crippen molar-refractivity contribution < 1.29 is 9.15 Å². The van der Waals surface area contributed by atoms with E-state index in [-0.39, 0.29) is 6.04 Å². The van der Waals surface area contributed by atoms with Crippen molar-refractivity contribution in [2.45, 2.75) is 6.04 Å². The summed E-state index contributed by atoms with van der Waals surface area (Å²) in [6.45, 7) is 0. The Morgan fingerprint density at radius 1 is 0.698 bits per heavy atom. The van der Waals surface area contributed by atoms with Crippen LogP contribution in [-0.2, 0) is 0 Å². The van der Waals surface area contributed by atoms with Crippen molar-refractivity contribution in [2.75, 3.05) is 4.90 Å². The number of nitrogens with one attached hydrogen (secondary N) is 1. The Balaban J connectivity index is 1.31. The van der Waals surface area contributed by atoms with Gasteiger partial charge in [-0.25, -0.2) is 4.98 Å². The van der Waals surface area contributed by atoms with Crippen LogP contribution in [0.25, 0.3) is 44.0 Å². The van der Waals surface area contributed by atoms with Gasteiger partial charge >= 0.3 is 0 Å². The highest BCUT2D eigenvalue weighted by Crippen LogP contribution is 2.50. The van der Waals surface area contributed by atoms with E-state index in [1.165, 1.54) is 10.8 Å². The molecule has 5 heteroatoms. The molecule has 0 saturated carbocycles. The molecule has 0 bridgehead atoms. The van der Waals surface area contributed by atoms with E-state index in [9.17, 15) is 0 Å². The van der Waals surface area contributed by atoms with Crippen LogP contribution >= 0.6 is 0 Å². The minimum Gasteiger partial charge on any atom is -0.459 e. The molecule has 0 amide bonds. The number of allylic oxidation sites excluding steroid dienone is 2. The smallest absolute Gasteiger partial charge is 0.154 e. The second kappa shape index (κ2) is 9.36. The molecule has 4 heterocycles. The van der Waals surface area contributed by atoms with Gasteiger partial charge in [0.25, 0.3) is 0 Å². The average molecular weight is 556 g/mol. The number of furan rings is 1. The molecule has 7 aromatic rings. The van der Waals surface area contributed by atoms with E-state index < -0.39 is 0 Å². The highest BCUT2D eigenvalue weighted by atomic mass is 16.5. The van der Waals surface area contributed by atoms with Crippen LogP contribution in [0.15, 0.2) is 150 Å². The number of para-hydroxylation sites is 2. The van der Waals surface area contributed by atoms with Crippen molar-refractivity contribution in [3.05, 3.63) is 151 Å². The molecule has 5 nitrogen and oxygen atoms in total. The molecular weight excluding hydrogens is 530 g/mol. The molecule has 1 unspecified atom stereocenters. The molecule has 0 fully saturated rings. The number of pyridine rings is 1. The monoisotopic (exact) mass is 555 g/mol. The van der Waals surface area contributed by atoms with Gasteiger partial charge in [0.05, 0.1) is 11.4 Å². The summed E-state index contributed by atoms with van der Waals surface area (Å²) in [6.07, 6.45) is 5.97. The fourth-order valence-electron chi connectivity index (χ4n) is 6.38. The van der Waals surface area contributed by atoms with Crippen LogP contribution in [0.4, 0.5) is 17.2 Å². The van der Waals surface area contributed by atoms with Crippen LogP contribution in [0.1, 0.15) is 11.6 Å². The first-order valence-electron chi connectivity index (χ1n) is 14.4. The van der Waals surface area contributed by atoms with E-state index in [2.05, 4.69) is 95.1 Å². The Hall–Kier alpha value is -5.81. The molecule has 0 spiro atoms. The Kier molecular flexibility index (Phi) is 5.19. The number of aromatic nitrogens is 1. The number of fused-ring (bicyclic) bond motifs is 7. The molecular formula is C38H25N3O2. The highest BCUT2D eigenvalue weighted by Gasteiger charge is 2.35. The lowest BCUT2D eigenvalue weighted by molar-refractivity contribution is 0.415. The van der Waals surface area contributed by atoms with Crippen LogP contribution in [0.3, 0.4) is 0 Å². The Morgan fingerprint density at radius 3 is 2.51 bits per heavy atom. The molecule has 9 rings (SSSR count). The maximum Gasteiger partial charge on any atom is 0.154 e. The van der Waals surface area contributed by atoms with Gasteiger partial charge in [-0.2, -0.15) is 0 Å². The molecule has 0 radical (unpaired) electrons. The summed E-state index contributed by atoms with van der Waals surface area (Å²) in [5.74, 6) is 2.52. The topological polar surface area (TPSA) is 50.5 Å². The van der Waals surface area contributed by atoms with E-state index in [0.717, 1.165) is 67.5 Å². The molecule has 1 atom stereocenters. The Bertz CT molecular complexity index is 2280. The third-order valence-electron chi connectivity index (χ3n) is 8.34. The van der Waals surface area contributed by atoms with Gasteiger partial charge in [0.15, 0.2) is 5.58 Å². The summed E-state index contributed by atoms with van der Waals surface area (Å²) in [5, 5.41) is 6.93. The van der Waals surface area contributed by atoms with Crippen molar-refractivity contribution in [3.63, 3.8) is 0 Å². The molecule has 2 aliphatic heterocycles. The average Bonchev–Trinajstić information content (AvgIpc) is 3.63. The van der Waals surface area contributed by atoms with E-state index in [1.54, 1.807) is 0 Å². The minimum atomic E-state index is -0.0926. The number of dihydropyridines is 1. The van der Waals surface area contributed by atoms with Crippen molar-refractivity contribution in [3.8, 4) is 16.9 Å². The van der Waals surface area contributed by atoms with Crippen molar-refractivity contribution >= 4 is 50.0 Å². The molecule has 0 aliphatic carbocycles. The van der Waals surface area contributed by atoms with Crippen LogP contribution in [-0.4, -0.2) is 4.98 Å². The van der Waals surface area contributed by atoms with Crippen molar-refractivity contribution in [1.29, 1.82) is 0 Å². The summed E-state index contributed by atoms with van der Waals surface area (Å²) >= 11 is 0. The normalized spacial score (nSPS) is 15.2. The predicted octanol–water partition coefficient (Wildman–Crippen LogP) is 9.71. The van der Waals surface area contributed by atoms with Crippen molar-refractivity contribution in [1.82, 2.24) is 10.3 Å². The lowest BCUT2D eigenvalue weighted by Gasteiger charge is -2.29. The molecule has 2 aliphatic rings. The lowest BCUT2D eigenvalue weighted by Crippen LogP contribution is -2.21. The SMILES string of the molecule is C1=CNC2C(=C1)Oc1cccc(N(c3ccc4oc5ccccc5c4n3)c3ccccc3-c3ccc4ccccc4c3)c12. The Morgan fingerprint density at radius 2 is 1.53 bits per heavy atom. The van der Waals surface area contributed by atoms with Gasteiger partial charge in [-0.05, 0) is 83.2 Å². The summed E-state index contributed by atoms with van der Waals surface area (Å²) in [5.41, 5.74) is 7.77. The number of hydrogen-bond acceptors (Lipinski definition) is 5.